The van der Waals surface area contributed by atoms with Crippen LogP contribution in [-0.2, 0) is 17.8 Å². The highest BCUT2D eigenvalue weighted by Crippen LogP contribution is 2.32. The molecule has 0 radical (unpaired) electrons. The van der Waals surface area contributed by atoms with E-state index in [0.29, 0.717) is 70.3 Å². The van der Waals surface area contributed by atoms with E-state index in [9.17, 15) is 13.6 Å². The lowest BCUT2D eigenvalue weighted by Gasteiger charge is -2.24. The van der Waals surface area contributed by atoms with E-state index in [1.54, 1.807) is 31.5 Å². The van der Waals surface area contributed by atoms with Gasteiger partial charge in [-0.05, 0) is 67.7 Å². The van der Waals surface area contributed by atoms with E-state index in [1.807, 2.05) is 4.57 Å². The molecule has 1 saturated heterocycles. The summed E-state index contributed by atoms with van der Waals surface area (Å²) >= 11 is 6.65. The van der Waals surface area contributed by atoms with Crippen molar-refractivity contribution in [2.45, 2.75) is 25.9 Å². The minimum atomic E-state index is -0.911. The highest BCUT2D eigenvalue weighted by molar-refractivity contribution is 6.33. The third-order valence-corrected chi connectivity index (χ3v) is 7.15. The summed E-state index contributed by atoms with van der Waals surface area (Å²) in [6.45, 7) is 3.49. The number of halogens is 3. The first-order chi connectivity index (χ1) is 19.4. The van der Waals surface area contributed by atoms with Crippen molar-refractivity contribution in [3.63, 3.8) is 0 Å². The number of nitrogens with one attached hydrogen (secondary N) is 3. The number of carbonyl (C=O) groups excluding carboxylic acids is 1. The Morgan fingerprint density at radius 3 is 2.85 bits per heavy atom. The SMILES string of the molecule is COCCNC(=O)c1ccc(Cl)c(-c2nc3cnc(NCc4ccc(F)c(F)c4)nc3n2C[C@@H]2CCCNC2)c1. The zero-order valence-corrected chi connectivity index (χ0v) is 22.8. The number of rotatable bonds is 10. The maximum absolute atomic E-state index is 13.6. The Morgan fingerprint density at radius 2 is 2.08 bits per heavy atom. The Hall–Kier alpha value is -3.67. The van der Waals surface area contributed by atoms with Crippen LogP contribution in [0.25, 0.3) is 22.6 Å². The Balaban J connectivity index is 1.50. The Morgan fingerprint density at radius 1 is 1.20 bits per heavy atom. The van der Waals surface area contributed by atoms with E-state index in [0.717, 1.165) is 38.1 Å². The van der Waals surface area contributed by atoms with Crippen LogP contribution in [0.5, 0.6) is 0 Å². The van der Waals surface area contributed by atoms with Gasteiger partial charge in [-0.3, -0.25) is 4.79 Å². The second-order valence-electron chi connectivity index (χ2n) is 9.71. The number of carbonyl (C=O) groups is 1. The average molecular weight is 570 g/mol. The summed E-state index contributed by atoms with van der Waals surface area (Å²) in [5.74, 6) is -0.792. The molecule has 4 aromatic rings. The highest BCUT2D eigenvalue weighted by atomic mass is 35.5. The normalized spacial score (nSPS) is 15.3. The molecule has 0 unspecified atom stereocenters. The number of aromatic nitrogens is 4. The molecule has 1 aliphatic heterocycles. The van der Waals surface area contributed by atoms with Crippen LogP contribution < -0.4 is 16.0 Å². The fraction of sp³-hybridized carbons (Fsp3) is 0.357. The zero-order chi connectivity index (χ0) is 28.1. The molecule has 1 aliphatic rings. The number of hydrogen-bond acceptors (Lipinski definition) is 7. The van der Waals surface area contributed by atoms with Crippen molar-refractivity contribution in [1.29, 1.82) is 0 Å². The van der Waals surface area contributed by atoms with Crippen molar-refractivity contribution in [2.75, 3.05) is 38.7 Å². The minimum Gasteiger partial charge on any atom is -0.383 e. The average Bonchev–Trinajstić information content (AvgIpc) is 3.31. The van der Waals surface area contributed by atoms with Gasteiger partial charge >= 0.3 is 0 Å². The van der Waals surface area contributed by atoms with Gasteiger partial charge in [0.05, 0.1) is 17.8 Å². The molecule has 9 nitrogen and oxygen atoms in total. The number of hydrogen-bond donors (Lipinski definition) is 3. The fourth-order valence-corrected chi connectivity index (χ4v) is 4.96. The molecule has 2 aromatic carbocycles. The number of ether oxygens (including phenoxy) is 1. The van der Waals surface area contributed by atoms with Gasteiger partial charge < -0.3 is 25.3 Å². The molecule has 40 heavy (non-hydrogen) atoms. The summed E-state index contributed by atoms with van der Waals surface area (Å²) in [6, 6.07) is 8.83. The quantitative estimate of drug-likeness (QED) is 0.243. The molecule has 0 spiro atoms. The van der Waals surface area contributed by atoms with Gasteiger partial charge in [0.1, 0.15) is 11.3 Å². The van der Waals surface area contributed by atoms with Crippen molar-refractivity contribution in [2.24, 2.45) is 5.92 Å². The first-order valence-corrected chi connectivity index (χ1v) is 13.5. The maximum Gasteiger partial charge on any atom is 0.251 e. The van der Waals surface area contributed by atoms with Gasteiger partial charge in [0, 0.05) is 37.9 Å². The van der Waals surface area contributed by atoms with Crippen LogP contribution in [0.2, 0.25) is 5.02 Å². The minimum absolute atomic E-state index is 0.211. The second kappa shape index (κ2) is 12.7. The second-order valence-corrected chi connectivity index (χ2v) is 10.1. The van der Waals surface area contributed by atoms with Gasteiger partial charge in [-0.25, -0.2) is 18.7 Å². The monoisotopic (exact) mass is 569 g/mol. The van der Waals surface area contributed by atoms with E-state index in [-0.39, 0.29) is 12.5 Å². The van der Waals surface area contributed by atoms with Crippen molar-refractivity contribution < 1.29 is 18.3 Å². The molecule has 2 aromatic heterocycles. The van der Waals surface area contributed by atoms with Crippen molar-refractivity contribution in [1.82, 2.24) is 30.2 Å². The van der Waals surface area contributed by atoms with Crippen LogP contribution in [0.1, 0.15) is 28.8 Å². The molecule has 5 rings (SSSR count). The van der Waals surface area contributed by atoms with Gasteiger partial charge in [-0.15, -0.1) is 0 Å². The largest absolute Gasteiger partial charge is 0.383 e. The Kier molecular flexibility index (Phi) is 8.83. The van der Waals surface area contributed by atoms with E-state index in [1.165, 1.54) is 6.07 Å². The first kappa shape index (κ1) is 27.9. The Bertz CT molecular complexity index is 1510. The summed E-state index contributed by atoms with van der Waals surface area (Å²) < 4.78 is 34.0. The van der Waals surface area contributed by atoms with Crippen LogP contribution >= 0.6 is 11.6 Å². The lowest BCUT2D eigenvalue weighted by atomic mass is 9.99. The third kappa shape index (κ3) is 6.38. The number of anilines is 1. The predicted octanol–water partition coefficient (Wildman–Crippen LogP) is 4.41. The molecule has 0 saturated carbocycles. The third-order valence-electron chi connectivity index (χ3n) is 6.82. The van der Waals surface area contributed by atoms with Crippen LogP contribution in [0, 0.1) is 17.6 Å². The maximum atomic E-state index is 13.6. The standard InChI is InChI=1S/C28H30ClF2N7O2/c1-40-10-9-33-27(39)19-5-6-21(29)20(12-19)25-36-24-15-35-28(34-14-17-4-7-22(30)23(31)11-17)37-26(24)38(25)16-18-3-2-8-32-13-18/h4-7,11-12,15,18,32H,2-3,8-10,13-14,16H2,1H3,(H,33,39)(H,34,35,37)/t18-/m1/s1. The van der Waals surface area contributed by atoms with Crippen LogP contribution in [0.15, 0.2) is 42.6 Å². The van der Waals surface area contributed by atoms with Crippen molar-refractivity contribution in [3.8, 4) is 11.4 Å². The van der Waals surface area contributed by atoms with Gasteiger partial charge in [-0.1, -0.05) is 17.7 Å². The van der Waals surface area contributed by atoms with E-state index in [2.05, 4.69) is 20.9 Å². The van der Waals surface area contributed by atoms with E-state index < -0.39 is 11.6 Å². The molecule has 0 bridgehead atoms. The number of piperidine rings is 1. The first-order valence-electron chi connectivity index (χ1n) is 13.1. The molecule has 3 heterocycles. The van der Waals surface area contributed by atoms with Gasteiger partial charge in [0.15, 0.2) is 17.3 Å². The summed E-state index contributed by atoms with van der Waals surface area (Å²) in [4.78, 5) is 26.7. The number of imidazole rings is 1. The van der Waals surface area contributed by atoms with Gasteiger partial charge in [-0.2, -0.15) is 4.98 Å². The number of methoxy groups -OCH3 is 1. The lowest BCUT2D eigenvalue weighted by Crippen LogP contribution is -2.32. The summed E-state index contributed by atoms with van der Waals surface area (Å²) in [7, 11) is 1.57. The molecule has 3 N–H and O–H groups in total. The summed E-state index contributed by atoms with van der Waals surface area (Å²) in [5.41, 5.74) is 2.79. The molecule has 1 amide bonds. The zero-order valence-electron chi connectivity index (χ0n) is 22.0. The van der Waals surface area contributed by atoms with Crippen LogP contribution in [-0.4, -0.2) is 58.8 Å². The van der Waals surface area contributed by atoms with Crippen LogP contribution in [0.3, 0.4) is 0 Å². The molecule has 0 aliphatic carbocycles. The molecule has 1 atom stereocenters. The predicted molar refractivity (Wildman–Crippen MR) is 149 cm³/mol. The van der Waals surface area contributed by atoms with E-state index in [4.69, 9.17) is 26.3 Å². The molecule has 12 heteroatoms. The van der Waals surface area contributed by atoms with E-state index >= 15 is 0 Å². The summed E-state index contributed by atoms with van der Waals surface area (Å²) in [6.07, 6.45) is 3.74. The lowest BCUT2D eigenvalue weighted by molar-refractivity contribution is 0.0937. The summed E-state index contributed by atoms with van der Waals surface area (Å²) in [5, 5.41) is 9.82. The highest BCUT2D eigenvalue weighted by Gasteiger charge is 2.22. The number of amides is 1. The number of benzene rings is 2. The van der Waals surface area contributed by atoms with Crippen LogP contribution in [0.4, 0.5) is 14.7 Å². The molecule has 1 fully saturated rings. The molecular weight excluding hydrogens is 540 g/mol. The number of nitrogens with zero attached hydrogens (tertiary/aromatic N) is 4. The van der Waals surface area contributed by atoms with Gasteiger partial charge in [0.2, 0.25) is 5.95 Å². The Labute approximate surface area is 235 Å². The smallest absolute Gasteiger partial charge is 0.251 e. The number of fused-ring (bicyclic) bond motifs is 1. The topological polar surface area (TPSA) is 106 Å². The van der Waals surface area contributed by atoms with Crippen molar-refractivity contribution in [3.05, 3.63) is 70.4 Å². The molecule has 210 valence electrons. The van der Waals surface area contributed by atoms with Crippen molar-refractivity contribution >= 4 is 34.6 Å². The van der Waals surface area contributed by atoms with Gasteiger partial charge in [0.25, 0.3) is 5.91 Å². The fourth-order valence-electron chi connectivity index (χ4n) is 4.76. The molecular formula is C28H30ClF2N7O2.